The summed E-state index contributed by atoms with van der Waals surface area (Å²) in [6.45, 7) is 7.31. The standard InChI is InChI=1S/C14H20N2O4S/c1-4-7-15-12(18)9(2)20-13(19)10-8-21-14(3)6-5-11(17)16(10)14/h4,9-10H,1,5-8H2,2-3H3,(H,15,18)/t9-,10-,14-/m0/s1. The zero-order valence-electron chi connectivity index (χ0n) is 12.3. The first-order valence-electron chi connectivity index (χ1n) is 6.94. The maximum absolute atomic E-state index is 12.2. The van der Waals surface area contributed by atoms with Crippen LogP contribution < -0.4 is 5.32 Å². The molecular weight excluding hydrogens is 292 g/mol. The first-order chi connectivity index (χ1) is 9.89. The highest BCUT2D eigenvalue weighted by molar-refractivity contribution is 8.01. The molecule has 2 rings (SSSR count). The molecule has 21 heavy (non-hydrogen) atoms. The molecule has 2 heterocycles. The highest BCUT2D eigenvalue weighted by Gasteiger charge is 2.53. The smallest absolute Gasteiger partial charge is 0.330 e. The van der Waals surface area contributed by atoms with Gasteiger partial charge in [-0.05, 0) is 20.3 Å². The van der Waals surface area contributed by atoms with Crippen LogP contribution in [0, 0.1) is 0 Å². The third-order valence-electron chi connectivity index (χ3n) is 3.80. The van der Waals surface area contributed by atoms with Crippen LogP contribution in [-0.2, 0) is 19.1 Å². The molecule has 0 aromatic heterocycles. The van der Waals surface area contributed by atoms with Crippen LogP contribution in [0.3, 0.4) is 0 Å². The Labute approximate surface area is 128 Å². The van der Waals surface area contributed by atoms with Crippen molar-refractivity contribution in [2.75, 3.05) is 12.3 Å². The van der Waals surface area contributed by atoms with Gasteiger partial charge in [0.1, 0.15) is 6.04 Å². The molecule has 7 heteroatoms. The Morgan fingerprint density at radius 3 is 3.05 bits per heavy atom. The van der Waals surface area contributed by atoms with E-state index in [0.29, 0.717) is 18.7 Å². The second-order valence-corrected chi connectivity index (χ2v) is 6.88. The molecule has 2 aliphatic heterocycles. The Balaban J connectivity index is 1.96. The molecule has 0 aliphatic carbocycles. The molecule has 0 saturated carbocycles. The molecule has 2 saturated heterocycles. The van der Waals surface area contributed by atoms with Crippen LogP contribution in [-0.4, -0.2) is 52.0 Å². The van der Waals surface area contributed by atoms with Crippen LogP contribution in [0.5, 0.6) is 0 Å². The minimum Gasteiger partial charge on any atom is -0.451 e. The molecule has 3 atom stereocenters. The Hall–Kier alpha value is -1.50. The van der Waals surface area contributed by atoms with E-state index in [1.54, 1.807) is 22.7 Å². The van der Waals surface area contributed by atoms with E-state index in [4.69, 9.17) is 4.74 Å². The van der Waals surface area contributed by atoms with Gasteiger partial charge in [-0.3, -0.25) is 9.59 Å². The van der Waals surface area contributed by atoms with E-state index in [2.05, 4.69) is 11.9 Å². The number of rotatable bonds is 5. The molecule has 0 radical (unpaired) electrons. The van der Waals surface area contributed by atoms with Crippen LogP contribution in [0.25, 0.3) is 0 Å². The Kier molecular flexibility index (Phi) is 4.61. The molecule has 0 spiro atoms. The van der Waals surface area contributed by atoms with E-state index >= 15 is 0 Å². The van der Waals surface area contributed by atoms with E-state index in [-0.39, 0.29) is 16.7 Å². The lowest BCUT2D eigenvalue weighted by Gasteiger charge is -2.29. The van der Waals surface area contributed by atoms with Crippen LogP contribution in [0.1, 0.15) is 26.7 Å². The summed E-state index contributed by atoms with van der Waals surface area (Å²) in [4.78, 5) is 37.2. The molecule has 0 bridgehead atoms. The van der Waals surface area contributed by atoms with Gasteiger partial charge in [-0.15, -0.1) is 18.3 Å². The first kappa shape index (κ1) is 15.9. The number of carbonyl (C=O) groups is 3. The summed E-state index contributed by atoms with van der Waals surface area (Å²) in [6, 6.07) is -0.593. The van der Waals surface area contributed by atoms with Crippen LogP contribution in [0.15, 0.2) is 12.7 Å². The highest BCUT2D eigenvalue weighted by atomic mass is 32.2. The number of nitrogens with zero attached hydrogens (tertiary/aromatic N) is 1. The molecule has 0 aromatic carbocycles. The van der Waals surface area contributed by atoms with Gasteiger partial charge in [-0.2, -0.15) is 0 Å². The van der Waals surface area contributed by atoms with E-state index < -0.39 is 18.1 Å². The summed E-state index contributed by atoms with van der Waals surface area (Å²) in [6.07, 6.45) is 1.87. The zero-order valence-corrected chi connectivity index (χ0v) is 13.1. The van der Waals surface area contributed by atoms with Crippen molar-refractivity contribution in [2.45, 2.75) is 43.7 Å². The van der Waals surface area contributed by atoms with E-state index in [9.17, 15) is 14.4 Å². The van der Waals surface area contributed by atoms with Gasteiger partial charge in [0.25, 0.3) is 5.91 Å². The summed E-state index contributed by atoms with van der Waals surface area (Å²) in [5, 5.41) is 2.57. The molecule has 6 nitrogen and oxygen atoms in total. The number of fused-ring (bicyclic) bond motifs is 1. The second kappa shape index (κ2) is 6.09. The number of nitrogens with one attached hydrogen (secondary N) is 1. The van der Waals surface area contributed by atoms with E-state index in [0.717, 1.165) is 6.42 Å². The number of carbonyl (C=O) groups excluding carboxylic acids is 3. The van der Waals surface area contributed by atoms with Gasteiger partial charge in [0.15, 0.2) is 6.10 Å². The lowest BCUT2D eigenvalue weighted by atomic mass is 10.2. The van der Waals surface area contributed by atoms with Gasteiger partial charge >= 0.3 is 5.97 Å². The lowest BCUT2D eigenvalue weighted by molar-refractivity contribution is -0.161. The van der Waals surface area contributed by atoms with Crippen LogP contribution in [0.4, 0.5) is 0 Å². The van der Waals surface area contributed by atoms with Crippen LogP contribution >= 0.6 is 11.8 Å². The fraction of sp³-hybridized carbons (Fsp3) is 0.643. The average Bonchev–Trinajstić information content (AvgIpc) is 2.93. The molecule has 116 valence electrons. The van der Waals surface area contributed by atoms with Crippen molar-refractivity contribution in [1.29, 1.82) is 0 Å². The van der Waals surface area contributed by atoms with Crippen molar-refractivity contribution in [3.05, 3.63) is 12.7 Å². The first-order valence-corrected chi connectivity index (χ1v) is 7.93. The monoisotopic (exact) mass is 312 g/mol. The van der Waals surface area contributed by atoms with Crippen molar-refractivity contribution in [3.63, 3.8) is 0 Å². The van der Waals surface area contributed by atoms with Gasteiger partial charge in [-0.1, -0.05) is 6.08 Å². The quantitative estimate of drug-likeness (QED) is 0.597. The highest BCUT2D eigenvalue weighted by Crippen LogP contribution is 2.47. The summed E-state index contributed by atoms with van der Waals surface area (Å²) < 4.78 is 5.20. The number of hydrogen-bond acceptors (Lipinski definition) is 5. The molecule has 0 aromatic rings. The van der Waals surface area contributed by atoms with Gasteiger partial charge in [0.05, 0.1) is 4.87 Å². The Morgan fingerprint density at radius 1 is 1.67 bits per heavy atom. The third-order valence-corrected chi connectivity index (χ3v) is 5.30. The summed E-state index contributed by atoms with van der Waals surface area (Å²) in [5.41, 5.74) is 0. The average molecular weight is 312 g/mol. The molecule has 0 unspecified atom stereocenters. The Bertz CT molecular complexity index is 482. The number of esters is 1. The van der Waals surface area contributed by atoms with Crippen molar-refractivity contribution >= 4 is 29.5 Å². The molecule has 2 amide bonds. The van der Waals surface area contributed by atoms with Gasteiger partial charge in [-0.25, -0.2) is 4.79 Å². The number of amides is 2. The predicted molar refractivity (Wildman–Crippen MR) is 79.5 cm³/mol. The third kappa shape index (κ3) is 3.07. The number of hydrogen-bond donors (Lipinski definition) is 1. The molecular formula is C14H20N2O4S. The molecule has 1 N–H and O–H groups in total. The zero-order chi connectivity index (χ0) is 15.6. The van der Waals surface area contributed by atoms with Gasteiger partial charge < -0.3 is 15.0 Å². The van der Waals surface area contributed by atoms with E-state index in [1.165, 1.54) is 6.92 Å². The Morgan fingerprint density at radius 2 is 2.38 bits per heavy atom. The maximum atomic E-state index is 12.2. The van der Waals surface area contributed by atoms with Gasteiger partial charge in [0, 0.05) is 18.7 Å². The summed E-state index contributed by atoms with van der Waals surface area (Å²) in [7, 11) is 0. The second-order valence-electron chi connectivity index (χ2n) is 5.38. The molecule has 2 aliphatic rings. The SMILES string of the molecule is C=CCNC(=O)[C@H](C)OC(=O)[C@@H]1CS[C@@]2(C)CCC(=O)N12. The number of ether oxygens (including phenoxy) is 1. The summed E-state index contributed by atoms with van der Waals surface area (Å²) in [5.74, 6) is -0.387. The van der Waals surface area contributed by atoms with Crippen molar-refractivity contribution in [1.82, 2.24) is 10.2 Å². The fourth-order valence-electron chi connectivity index (χ4n) is 2.62. The van der Waals surface area contributed by atoms with Crippen molar-refractivity contribution < 1.29 is 19.1 Å². The summed E-state index contributed by atoms with van der Waals surface area (Å²) >= 11 is 1.60. The predicted octanol–water partition coefficient (Wildman–Crippen LogP) is 0.674. The van der Waals surface area contributed by atoms with E-state index in [1.807, 2.05) is 6.92 Å². The minimum atomic E-state index is -0.882. The van der Waals surface area contributed by atoms with Gasteiger partial charge in [0.2, 0.25) is 5.91 Å². The lowest BCUT2D eigenvalue weighted by Crippen LogP contribution is -2.48. The van der Waals surface area contributed by atoms with Crippen LogP contribution in [0.2, 0.25) is 0 Å². The maximum Gasteiger partial charge on any atom is 0.330 e. The number of thioether (sulfide) groups is 1. The topological polar surface area (TPSA) is 75.7 Å². The molecule has 2 fully saturated rings. The largest absolute Gasteiger partial charge is 0.451 e. The fourth-order valence-corrected chi connectivity index (χ4v) is 4.03. The minimum absolute atomic E-state index is 0.0202. The van der Waals surface area contributed by atoms with Crippen molar-refractivity contribution in [2.24, 2.45) is 0 Å². The normalized spacial score (nSPS) is 29.0. The van der Waals surface area contributed by atoms with Crippen molar-refractivity contribution in [3.8, 4) is 0 Å².